The third-order valence-electron chi connectivity index (χ3n) is 3.26. The van der Waals surface area contributed by atoms with Gasteiger partial charge in [0.2, 0.25) is 0 Å². The summed E-state index contributed by atoms with van der Waals surface area (Å²) in [5.41, 5.74) is 0. The lowest BCUT2D eigenvalue weighted by molar-refractivity contribution is 0.240. The van der Waals surface area contributed by atoms with Crippen LogP contribution in [-0.4, -0.2) is 11.7 Å². The Balaban J connectivity index is 0. The zero-order valence-electron chi connectivity index (χ0n) is 8.80. The van der Waals surface area contributed by atoms with Crippen LogP contribution in [0, 0.1) is 5.92 Å². The molecule has 0 aromatic rings. The number of aliphatic hydroxyl groups is 1. The van der Waals surface area contributed by atoms with Crippen molar-refractivity contribution in [1.82, 2.24) is 0 Å². The van der Waals surface area contributed by atoms with Crippen LogP contribution in [0.2, 0.25) is 0 Å². The highest BCUT2D eigenvalue weighted by Gasteiger charge is 2.08. The van der Waals surface area contributed by atoms with Gasteiger partial charge in [-0.25, -0.2) is 0 Å². The standard InChI is InChI=1S/C12H24O.2CH4/c13-11-10-12-8-6-4-2-1-3-5-7-9-12;;/h12-13H,1-11H2;2*1H4. The summed E-state index contributed by atoms with van der Waals surface area (Å²) < 4.78 is 0. The predicted molar refractivity (Wildman–Crippen MR) is 70.2 cm³/mol. The summed E-state index contributed by atoms with van der Waals surface area (Å²) in [4.78, 5) is 0. The molecule has 0 bridgehead atoms. The van der Waals surface area contributed by atoms with Crippen LogP contribution < -0.4 is 0 Å². The molecule has 94 valence electrons. The lowest BCUT2D eigenvalue weighted by Gasteiger charge is -2.17. The van der Waals surface area contributed by atoms with Gasteiger partial charge in [0, 0.05) is 6.61 Å². The summed E-state index contributed by atoms with van der Waals surface area (Å²) in [5, 5.41) is 8.91. The first kappa shape index (κ1) is 17.4. The van der Waals surface area contributed by atoms with E-state index in [4.69, 9.17) is 5.11 Å². The van der Waals surface area contributed by atoms with E-state index in [0.717, 1.165) is 12.3 Å². The Kier molecular flexibility index (Phi) is 13.9. The molecule has 1 saturated carbocycles. The zero-order valence-corrected chi connectivity index (χ0v) is 8.80. The molecule has 0 radical (unpaired) electrons. The molecule has 1 heteroatoms. The molecule has 0 aliphatic heterocycles. The van der Waals surface area contributed by atoms with Gasteiger partial charge in [-0.15, -0.1) is 0 Å². The SMILES string of the molecule is C.C.OCCC1CCCCCCCCC1. The van der Waals surface area contributed by atoms with Crippen molar-refractivity contribution in [2.24, 2.45) is 5.92 Å². The van der Waals surface area contributed by atoms with Gasteiger partial charge in [0.25, 0.3) is 0 Å². The highest BCUT2D eigenvalue weighted by molar-refractivity contribution is 4.62. The number of hydrogen-bond donors (Lipinski definition) is 1. The molecule has 0 aromatic heterocycles. The van der Waals surface area contributed by atoms with Crippen LogP contribution in [0.4, 0.5) is 0 Å². The van der Waals surface area contributed by atoms with Crippen LogP contribution in [0.1, 0.15) is 79.1 Å². The Hall–Kier alpha value is -0.0400. The van der Waals surface area contributed by atoms with E-state index < -0.39 is 0 Å². The molecule has 0 spiro atoms. The van der Waals surface area contributed by atoms with E-state index in [1.54, 1.807) is 0 Å². The molecular formula is C14H32O. The summed E-state index contributed by atoms with van der Waals surface area (Å²) in [5.74, 6) is 0.822. The molecule has 0 unspecified atom stereocenters. The monoisotopic (exact) mass is 216 g/mol. The molecule has 1 N–H and O–H groups in total. The first-order chi connectivity index (χ1) is 6.43. The average Bonchev–Trinajstić information content (AvgIpc) is 2.16. The molecule has 0 atom stereocenters. The van der Waals surface area contributed by atoms with Gasteiger partial charge in [-0.05, 0) is 12.3 Å². The fourth-order valence-corrected chi connectivity index (χ4v) is 2.37. The maximum Gasteiger partial charge on any atom is 0.0433 e. The van der Waals surface area contributed by atoms with E-state index in [9.17, 15) is 0 Å². The van der Waals surface area contributed by atoms with E-state index in [1.165, 1.54) is 57.8 Å². The van der Waals surface area contributed by atoms with E-state index in [0.29, 0.717) is 6.61 Å². The first-order valence-electron chi connectivity index (χ1n) is 6.04. The largest absolute Gasteiger partial charge is 0.396 e. The summed E-state index contributed by atoms with van der Waals surface area (Å²) in [6.07, 6.45) is 13.7. The summed E-state index contributed by atoms with van der Waals surface area (Å²) in [6, 6.07) is 0. The smallest absolute Gasteiger partial charge is 0.0433 e. The van der Waals surface area contributed by atoms with E-state index in [-0.39, 0.29) is 14.9 Å². The third kappa shape index (κ3) is 8.92. The van der Waals surface area contributed by atoms with Crippen LogP contribution in [0.3, 0.4) is 0 Å². The number of aliphatic hydroxyl groups excluding tert-OH is 1. The quantitative estimate of drug-likeness (QED) is 0.704. The normalized spacial score (nSPS) is 19.8. The van der Waals surface area contributed by atoms with Crippen molar-refractivity contribution in [1.29, 1.82) is 0 Å². The molecule has 15 heavy (non-hydrogen) atoms. The fraction of sp³-hybridized carbons (Fsp3) is 1.00. The lowest BCUT2D eigenvalue weighted by atomic mass is 9.90. The number of rotatable bonds is 2. The van der Waals surface area contributed by atoms with E-state index >= 15 is 0 Å². The van der Waals surface area contributed by atoms with Gasteiger partial charge in [0.1, 0.15) is 0 Å². The van der Waals surface area contributed by atoms with Crippen molar-refractivity contribution in [3.8, 4) is 0 Å². The minimum Gasteiger partial charge on any atom is -0.396 e. The third-order valence-corrected chi connectivity index (χ3v) is 3.26. The number of hydrogen-bond acceptors (Lipinski definition) is 1. The lowest BCUT2D eigenvalue weighted by Crippen LogP contribution is -2.04. The van der Waals surface area contributed by atoms with Gasteiger partial charge in [0.05, 0.1) is 0 Å². The van der Waals surface area contributed by atoms with Gasteiger partial charge in [-0.1, -0.05) is 72.6 Å². The predicted octanol–water partition coefficient (Wildman–Crippen LogP) is 4.78. The molecule has 0 aromatic carbocycles. The highest BCUT2D eigenvalue weighted by atomic mass is 16.3. The molecule has 1 aliphatic rings. The zero-order chi connectivity index (χ0) is 9.36. The van der Waals surface area contributed by atoms with Crippen LogP contribution >= 0.6 is 0 Å². The van der Waals surface area contributed by atoms with Gasteiger partial charge >= 0.3 is 0 Å². The van der Waals surface area contributed by atoms with Crippen LogP contribution in [0.25, 0.3) is 0 Å². The Morgan fingerprint density at radius 1 is 0.733 bits per heavy atom. The summed E-state index contributed by atoms with van der Waals surface area (Å²) in [6.45, 7) is 0.394. The Morgan fingerprint density at radius 3 is 1.53 bits per heavy atom. The molecule has 0 saturated heterocycles. The molecule has 1 fully saturated rings. The fourth-order valence-electron chi connectivity index (χ4n) is 2.37. The van der Waals surface area contributed by atoms with Crippen molar-refractivity contribution >= 4 is 0 Å². The minimum atomic E-state index is 0. The highest BCUT2D eigenvalue weighted by Crippen LogP contribution is 2.23. The van der Waals surface area contributed by atoms with Gasteiger partial charge in [-0.2, -0.15) is 0 Å². The molecule has 1 aliphatic carbocycles. The van der Waals surface area contributed by atoms with Gasteiger partial charge in [-0.3, -0.25) is 0 Å². The summed E-state index contributed by atoms with van der Waals surface area (Å²) in [7, 11) is 0. The van der Waals surface area contributed by atoms with Crippen LogP contribution in [-0.2, 0) is 0 Å². The topological polar surface area (TPSA) is 20.2 Å². The molecule has 1 nitrogen and oxygen atoms in total. The van der Waals surface area contributed by atoms with Crippen LogP contribution in [0.5, 0.6) is 0 Å². The van der Waals surface area contributed by atoms with Crippen molar-refractivity contribution in [3.63, 3.8) is 0 Å². The molecule has 0 amide bonds. The van der Waals surface area contributed by atoms with E-state index in [2.05, 4.69) is 0 Å². The van der Waals surface area contributed by atoms with Crippen LogP contribution in [0.15, 0.2) is 0 Å². The second-order valence-corrected chi connectivity index (χ2v) is 4.43. The second kappa shape index (κ2) is 12.0. The molecule has 0 heterocycles. The van der Waals surface area contributed by atoms with Crippen molar-refractivity contribution in [2.45, 2.75) is 79.1 Å². The van der Waals surface area contributed by atoms with Gasteiger partial charge < -0.3 is 5.11 Å². The Labute approximate surface area is 97.3 Å². The summed E-state index contributed by atoms with van der Waals surface area (Å²) >= 11 is 0. The minimum absolute atomic E-state index is 0. The molecular weight excluding hydrogens is 184 g/mol. The Bertz CT molecular complexity index is 102. The second-order valence-electron chi connectivity index (χ2n) is 4.43. The maximum atomic E-state index is 8.91. The van der Waals surface area contributed by atoms with Crippen molar-refractivity contribution in [2.75, 3.05) is 6.61 Å². The van der Waals surface area contributed by atoms with Gasteiger partial charge in [0.15, 0.2) is 0 Å². The van der Waals surface area contributed by atoms with Crippen molar-refractivity contribution in [3.05, 3.63) is 0 Å². The Morgan fingerprint density at radius 2 is 1.13 bits per heavy atom. The first-order valence-corrected chi connectivity index (χ1v) is 6.04. The van der Waals surface area contributed by atoms with Crippen molar-refractivity contribution < 1.29 is 5.11 Å². The van der Waals surface area contributed by atoms with E-state index in [1.807, 2.05) is 0 Å². The maximum absolute atomic E-state index is 8.91. The molecule has 1 rings (SSSR count). The average molecular weight is 216 g/mol.